The largest absolute Gasteiger partial charge is 0.416 e. The Morgan fingerprint density at radius 3 is 2.00 bits per heavy atom. The lowest BCUT2D eigenvalue weighted by Crippen LogP contribution is -2.25. The minimum absolute atomic E-state index is 0.0632. The maximum atomic E-state index is 13.0. The van der Waals surface area contributed by atoms with Crippen LogP contribution in [0.25, 0.3) is 5.57 Å². The van der Waals surface area contributed by atoms with E-state index in [9.17, 15) is 18.3 Å². The van der Waals surface area contributed by atoms with Gasteiger partial charge in [0.2, 0.25) is 0 Å². The van der Waals surface area contributed by atoms with Gasteiger partial charge >= 0.3 is 6.18 Å². The number of benzene rings is 1. The Bertz CT molecular complexity index is 413. The van der Waals surface area contributed by atoms with Crippen molar-refractivity contribution < 1.29 is 18.3 Å². The SMILES string of the molecule is CC(C)(C)C(O)/C=C(\c1ccccc1)C(F)(F)F. The lowest BCUT2D eigenvalue weighted by Gasteiger charge is -2.24. The van der Waals surface area contributed by atoms with Crippen molar-refractivity contribution >= 4 is 5.57 Å². The molecular weight excluding hydrogens is 241 g/mol. The molecule has 1 atom stereocenters. The minimum atomic E-state index is -4.48. The zero-order chi connectivity index (χ0) is 14.0. The lowest BCUT2D eigenvalue weighted by molar-refractivity contribution is -0.0698. The number of aliphatic hydroxyl groups is 1. The second kappa shape index (κ2) is 5.14. The molecule has 1 N–H and O–H groups in total. The van der Waals surface area contributed by atoms with Crippen LogP contribution in [-0.4, -0.2) is 17.4 Å². The van der Waals surface area contributed by atoms with Crippen LogP contribution in [0, 0.1) is 5.41 Å². The molecule has 1 unspecified atom stereocenters. The predicted molar refractivity (Wildman–Crippen MR) is 65.9 cm³/mol. The van der Waals surface area contributed by atoms with Crippen LogP contribution in [0.4, 0.5) is 13.2 Å². The van der Waals surface area contributed by atoms with E-state index in [2.05, 4.69) is 0 Å². The van der Waals surface area contributed by atoms with Crippen molar-refractivity contribution in [2.45, 2.75) is 33.1 Å². The standard InChI is InChI=1S/C14H17F3O/c1-13(2,3)12(18)9-11(14(15,16)17)10-7-5-4-6-8-10/h4-9,12,18H,1-3H3/b11-9+. The number of hydrogen-bond donors (Lipinski definition) is 1. The third-order valence-electron chi connectivity index (χ3n) is 2.60. The highest BCUT2D eigenvalue weighted by molar-refractivity contribution is 5.70. The second-order valence-electron chi connectivity index (χ2n) is 5.25. The molecule has 1 aromatic rings. The minimum Gasteiger partial charge on any atom is -0.388 e. The lowest BCUT2D eigenvalue weighted by atomic mass is 9.87. The van der Waals surface area contributed by atoms with E-state index in [1.54, 1.807) is 39.0 Å². The van der Waals surface area contributed by atoms with Crippen molar-refractivity contribution in [1.82, 2.24) is 0 Å². The fraction of sp³-hybridized carbons (Fsp3) is 0.429. The van der Waals surface area contributed by atoms with Gasteiger partial charge in [0.1, 0.15) is 0 Å². The zero-order valence-electron chi connectivity index (χ0n) is 10.6. The van der Waals surface area contributed by atoms with Crippen molar-refractivity contribution in [3.63, 3.8) is 0 Å². The number of alkyl halides is 3. The van der Waals surface area contributed by atoms with Gasteiger partial charge in [-0.3, -0.25) is 0 Å². The van der Waals surface area contributed by atoms with Crippen LogP contribution >= 0.6 is 0 Å². The molecule has 0 aliphatic heterocycles. The van der Waals surface area contributed by atoms with Gasteiger partial charge in [0.15, 0.2) is 0 Å². The molecule has 0 radical (unpaired) electrons. The summed E-state index contributed by atoms with van der Waals surface area (Å²) in [5, 5.41) is 9.80. The van der Waals surface area contributed by atoms with E-state index in [0.29, 0.717) is 0 Å². The first kappa shape index (κ1) is 14.8. The van der Waals surface area contributed by atoms with E-state index in [4.69, 9.17) is 0 Å². The molecule has 4 heteroatoms. The molecule has 0 aromatic heterocycles. The quantitative estimate of drug-likeness (QED) is 0.848. The highest BCUT2D eigenvalue weighted by Gasteiger charge is 2.36. The molecule has 0 aliphatic carbocycles. The Kier molecular flexibility index (Phi) is 4.22. The van der Waals surface area contributed by atoms with Gasteiger partial charge in [-0.05, 0) is 17.1 Å². The Balaban J connectivity index is 3.21. The average Bonchev–Trinajstić information content (AvgIpc) is 2.23. The molecular formula is C14H17F3O. The van der Waals surface area contributed by atoms with Gasteiger partial charge in [0, 0.05) is 0 Å². The van der Waals surface area contributed by atoms with Crippen molar-refractivity contribution in [2.24, 2.45) is 5.41 Å². The van der Waals surface area contributed by atoms with Gasteiger partial charge in [0.25, 0.3) is 0 Å². The van der Waals surface area contributed by atoms with Gasteiger partial charge in [-0.2, -0.15) is 13.2 Å². The van der Waals surface area contributed by atoms with Crippen LogP contribution in [0.1, 0.15) is 26.3 Å². The van der Waals surface area contributed by atoms with Gasteiger partial charge in [-0.1, -0.05) is 51.1 Å². The molecule has 1 rings (SSSR count). The molecule has 0 saturated carbocycles. The Labute approximate surface area is 105 Å². The maximum absolute atomic E-state index is 13.0. The molecule has 0 aliphatic rings. The predicted octanol–water partition coefficient (Wildman–Crippen LogP) is 4.04. The Morgan fingerprint density at radius 2 is 1.61 bits per heavy atom. The van der Waals surface area contributed by atoms with Crippen LogP contribution < -0.4 is 0 Å². The van der Waals surface area contributed by atoms with Gasteiger partial charge < -0.3 is 5.11 Å². The first-order valence-corrected chi connectivity index (χ1v) is 5.65. The van der Waals surface area contributed by atoms with E-state index in [0.717, 1.165) is 6.08 Å². The molecule has 1 nitrogen and oxygen atoms in total. The van der Waals surface area contributed by atoms with E-state index in [-0.39, 0.29) is 5.56 Å². The number of allylic oxidation sites excluding steroid dienone is 1. The van der Waals surface area contributed by atoms with Crippen LogP contribution in [0.3, 0.4) is 0 Å². The maximum Gasteiger partial charge on any atom is 0.416 e. The van der Waals surface area contributed by atoms with Gasteiger partial charge in [-0.25, -0.2) is 0 Å². The third-order valence-corrected chi connectivity index (χ3v) is 2.60. The first-order chi connectivity index (χ1) is 8.12. The summed E-state index contributed by atoms with van der Waals surface area (Å²) >= 11 is 0. The summed E-state index contributed by atoms with van der Waals surface area (Å²) in [4.78, 5) is 0. The van der Waals surface area contributed by atoms with E-state index in [1.807, 2.05) is 0 Å². The van der Waals surface area contributed by atoms with Crippen LogP contribution in [0.5, 0.6) is 0 Å². The number of aliphatic hydroxyl groups excluding tert-OH is 1. The third kappa shape index (κ3) is 3.88. The number of hydrogen-bond acceptors (Lipinski definition) is 1. The number of halogens is 3. The summed E-state index contributed by atoms with van der Waals surface area (Å²) in [6.07, 6.45) is -4.75. The van der Waals surface area contributed by atoms with Crippen molar-refractivity contribution in [1.29, 1.82) is 0 Å². The van der Waals surface area contributed by atoms with Crippen molar-refractivity contribution in [3.8, 4) is 0 Å². The second-order valence-corrected chi connectivity index (χ2v) is 5.25. The van der Waals surface area contributed by atoms with E-state index >= 15 is 0 Å². The zero-order valence-corrected chi connectivity index (χ0v) is 10.6. The summed E-state index contributed by atoms with van der Waals surface area (Å²) < 4.78 is 38.9. The van der Waals surface area contributed by atoms with Gasteiger partial charge in [-0.15, -0.1) is 0 Å². The molecule has 0 spiro atoms. The summed E-state index contributed by atoms with van der Waals surface area (Å²) in [6.45, 7) is 5.06. The molecule has 0 fully saturated rings. The van der Waals surface area contributed by atoms with Crippen LogP contribution in [0.15, 0.2) is 36.4 Å². The normalized spacial score (nSPS) is 15.6. The summed E-state index contributed by atoms with van der Waals surface area (Å²) in [6, 6.07) is 7.50. The fourth-order valence-corrected chi connectivity index (χ4v) is 1.38. The number of rotatable bonds is 2. The van der Waals surface area contributed by atoms with Crippen molar-refractivity contribution in [3.05, 3.63) is 42.0 Å². The van der Waals surface area contributed by atoms with E-state index < -0.39 is 23.3 Å². The Morgan fingerprint density at radius 1 is 1.11 bits per heavy atom. The monoisotopic (exact) mass is 258 g/mol. The molecule has 1 aromatic carbocycles. The first-order valence-electron chi connectivity index (χ1n) is 5.65. The highest BCUT2D eigenvalue weighted by Crippen LogP contribution is 2.35. The molecule has 0 saturated heterocycles. The van der Waals surface area contributed by atoms with Crippen LogP contribution in [-0.2, 0) is 0 Å². The summed E-state index contributed by atoms with van der Waals surface area (Å²) in [5.74, 6) is 0. The molecule has 0 amide bonds. The summed E-state index contributed by atoms with van der Waals surface area (Å²) in [7, 11) is 0. The topological polar surface area (TPSA) is 20.2 Å². The van der Waals surface area contributed by atoms with E-state index in [1.165, 1.54) is 12.1 Å². The smallest absolute Gasteiger partial charge is 0.388 e. The summed E-state index contributed by atoms with van der Waals surface area (Å²) in [5.41, 5.74) is -1.37. The molecule has 18 heavy (non-hydrogen) atoms. The highest BCUT2D eigenvalue weighted by atomic mass is 19.4. The van der Waals surface area contributed by atoms with Crippen LogP contribution in [0.2, 0.25) is 0 Å². The van der Waals surface area contributed by atoms with Gasteiger partial charge in [0.05, 0.1) is 11.7 Å². The van der Waals surface area contributed by atoms with Crippen molar-refractivity contribution in [2.75, 3.05) is 0 Å². The molecule has 0 heterocycles. The average molecular weight is 258 g/mol. The Hall–Kier alpha value is -1.29. The molecule has 100 valence electrons. The fourth-order valence-electron chi connectivity index (χ4n) is 1.38. The molecule has 0 bridgehead atoms.